The Balaban J connectivity index is 4.63. The highest BCUT2D eigenvalue weighted by atomic mass is 16.6. The molecule has 1 amide bonds. The number of hydrogen-bond donors (Lipinski definition) is 3. The molecule has 20 heavy (non-hydrogen) atoms. The first-order chi connectivity index (χ1) is 9.21. The maximum absolute atomic E-state index is 12.1. The van der Waals surface area contributed by atoms with Gasteiger partial charge in [-0.15, -0.1) is 0 Å². The van der Waals surface area contributed by atoms with Crippen molar-refractivity contribution in [3.63, 3.8) is 0 Å². The van der Waals surface area contributed by atoms with Gasteiger partial charge in [0, 0.05) is 0 Å². The first-order valence-corrected chi connectivity index (χ1v) is 7.12. The Hall–Kier alpha value is -1.14. The molecule has 0 aromatic carbocycles. The predicted octanol–water partition coefficient (Wildman–Crippen LogP) is 0.550. The van der Waals surface area contributed by atoms with Gasteiger partial charge in [-0.25, -0.2) is 4.79 Å². The average Bonchev–Trinajstić information content (AvgIpc) is 2.34. The molecule has 0 heterocycles. The van der Waals surface area contributed by atoms with Crippen LogP contribution in [0.2, 0.25) is 0 Å². The van der Waals surface area contributed by atoms with Gasteiger partial charge in [0.2, 0.25) is 5.91 Å². The highest BCUT2D eigenvalue weighted by molar-refractivity contribution is 5.87. The average molecular weight is 287 g/mol. The van der Waals surface area contributed by atoms with Crippen LogP contribution < -0.4 is 16.4 Å². The summed E-state index contributed by atoms with van der Waals surface area (Å²) in [7, 11) is 1.70. The molecule has 0 aliphatic carbocycles. The number of hydrogen-bond acceptors (Lipinski definition) is 5. The van der Waals surface area contributed by atoms with Gasteiger partial charge in [0.15, 0.2) is 0 Å². The molecule has 0 saturated heterocycles. The van der Waals surface area contributed by atoms with E-state index in [4.69, 9.17) is 10.5 Å². The van der Waals surface area contributed by atoms with E-state index in [0.717, 1.165) is 12.8 Å². The molecule has 0 rings (SSSR count). The van der Waals surface area contributed by atoms with E-state index in [2.05, 4.69) is 10.6 Å². The molecular formula is C14H29N3O3. The van der Waals surface area contributed by atoms with E-state index in [1.165, 1.54) is 0 Å². The van der Waals surface area contributed by atoms with Crippen LogP contribution in [0.15, 0.2) is 0 Å². The summed E-state index contributed by atoms with van der Waals surface area (Å²) >= 11 is 0. The maximum Gasteiger partial charge on any atom is 0.329 e. The van der Waals surface area contributed by atoms with E-state index >= 15 is 0 Å². The molecule has 0 radical (unpaired) electrons. The molecule has 0 saturated carbocycles. The lowest BCUT2D eigenvalue weighted by Gasteiger charge is -2.25. The topological polar surface area (TPSA) is 93.5 Å². The molecular weight excluding hydrogens is 258 g/mol. The van der Waals surface area contributed by atoms with Gasteiger partial charge in [0.1, 0.15) is 11.6 Å². The second-order valence-electron chi connectivity index (χ2n) is 5.89. The minimum Gasteiger partial charge on any atom is -0.458 e. The summed E-state index contributed by atoms with van der Waals surface area (Å²) in [5, 5.41) is 5.57. The van der Waals surface area contributed by atoms with Gasteiger partial charge in [-0.2, -0.15) is 0 Å². The second-order valence-corrected chi connectivity index (χ2v) is 5.89. The van der Waals surface area contributed by atoms with E-state index in [1.807, 2.05) is 0 Å². The van der Waals surface area contributed by atoms with Crippen LogP contribution in [0.3, 0.4) is 0 Å². The van der Waals surface area contributed by atoms with E-state index < -0.39 is 17.6 Å². The zero-order chi connectivity index (χ0) is 15.8. The van der Waals surface area contributed by atoms with Crippen LogP contribution in [-0.4, -0.2) is 43.2 Å². The first kappa shape index (κ1) is 18.9. The van der Waals surface area contributed by atoms with Gasteiger partial charge >= 0.3 is 5.97 Å². The summed E-state index contributed by atoms with van der Waals surface area (Å²) in [6, 6.07) is -0.974. The minimum absolute atomic E-state index is 0.212. The molecule has 6 nitrogen and oxygen atoms in total. The standard InChI is InChI=1S/C14H29N3O3/c1-10(16-5)12(18)17-11(8-6-7-9-15)13(19)20-14(2,3)4/h10-11,16H,6-9,15H2,1-5H3,(H,17,18)/t10-,11-/m0/s1. The van der Waals surface area contributed by atoms with Crippen LogP contribution in [0.4, 0.5) is 0 Å². The van der Waals surface area contributed by atoms with Crippen molar-refractivity contribution in [2.75, 3.05) is 13.6 Å². The second kappa shape index (κ2) is 8.92. The van der Waals surface area contributed by atoms with E-state index in [1.54, 1.807) is 34.7 Å². The fraction of sp³-hybridized carbons (Fsp3) is 0.857. The van der Waals surface area contributed by atoms with Crippen molar-refractivity contribution in [1.29, 1.82) is 0 Å². The van der Waals surface area contributed by atoms with Crippen molar-refractivity contribution in [2.45, 2.75) is 64.6 Å². The smallest absolute Gasteiger partial charge is 0.329 e. The number of nitrogens with one attached hydrogen (secondary N) is 2. The molecule has 0 unspecified atom stereocenters. The molecule has 0 aliphatic rings. The lowest BCUT2D eigenvalue weighted by Crippen LogP contribution is -2.49. The van der Waals surface area contributed by atoms with Crippen molar-refractivity contribution in [3.05, 3.63) is 0 Å². The first-order valence-electron chi connectivity index (χ1n) is 7.12. The van der Waals surface area contributed by atoms with Crippen LogP contribution in [0.5, 0.6) is 0 Å². The molecule has 0 fully saturated rings. The third-order valence-corrected chi connectivity index (χ3v) is 2.78. The molecule has 118 valence electrons. The number of unbranched alkanes of at least 4 members (excludes halogenated alkanes) is 1. The Kier molecular flexibility index (Phi) is 8.41. The van der Waals surface area contributed by atoms with Crippen LogP contribution >= 0.6 is 0 Å². The van der Waals surface area contributed by atoms with Gasteiger partial charge in [0.05, 0.1) is 6.04 Å². The lowest BCUT2D eigenvalue weighted by molar-refractivity contribution is -0.159. The normalized spacial score (nSPS) is 14.5. The van der Waals surface area contributed by atoms with E-state index in [0.29, 0.717) is 13.0 Å². The summed E-state index contributed by atoms with van der Waals surface area (Å²) < 4.78 is 5.34. The number of esters is 1. The Morgan fingerprint density at radius 2 is 1.85 bits per heavy atom. The number of likely N-dealkylation sites (N-methyl/N-ethyl adjacent to an activating group) is 1. The molecule has 0 spiro atoms. The summed E-state index contributed by atoms with van der Waals surface area (Å²) in [6.07, 6.45) is 2.12. The highest BCUT2D eigenvalue weighted by Gasteiger charge is 2.27. The van der Waals surface area contributed by atoms with Gasteiger partial charge in [-0.05, 0) is 60.5 Å². The summed E-state index contributed by atoms with van der Waals surface area (Å²) in [5.41, 5.74) is 4.88. The van der Waals surface area contributed by atoms with Gasteiger partial charge in [0.25, 0.3) is 0 Å². The SMILES string of the molecule is CN[C@@H](C)C(=O)N[C@@H](CCCCN)C(=O)OC(C)(C)C. The molecule has 2 atom stereocenters. The fourth-order valence-corrected chi connectivity index (χ4v) is 1.54. The monoisotopic (exact) mass is 287 g/mol. The Bertz CT molecular complexity index is 313. The third kappa shape index (κ3) is 8.12. The van der Waals surface area contributed by atoms with Crippen LogP contribution in [-0.2, 0) is 14.3 Å². The van der Waals surface area contributed by atoms with Crippen LogP contribution in [0.25, 0.3) is 0 Å². The number of nitrogens with two attached hydrogens (primary N) is 1. The largest absolute Gasteiger partial charge is 0.458 e. The van der Waals surface area contributed by atoms with Crippen molar-refractivity contribution in [2.24, 2.45) is 5.73 Å². The molecule has 0 aromatic rings. The highest BCUT2D eigenvalue weighted by Crippen LogP contribution is 2.11. The van der Waals surface area contributed by atoms with E-state index in [9.17, 15) is 9.59 Å². The summed E-state index contributed by atoms with van der Waals surface area (Å²) in [5.74, 6) is -0.609. The Morgan fingerprint density at radius 3 is 2.30 bits per heavy atom. The Morgan fingerprint density at radius 1 is 1.25 bits per heavy atom. The van der Waals surface area contributed by atoms with Crippen LogP contribution in [0.1, 0.15) is 47.0 Å². The van der Waals surface area contributed by atoms with Crippen molar-refractivity contribution >= 4 is 11.9 Å². The number of ether oxygens (including phenoxy) is 1. The molecule has 0 aromatic heterocycles. The molecule has 6 heteroatoms. The summed E-state index contributed by atoms with van der Waals surface area (Å²) in [6.45, 7) is 7.73. The van der Waals surface area contributed by atoms with Gasteiger partial charge in [-0.1, -0.05) is 0 Å². The fourth-order valence-electron chi connectivity index (χ4n) is 1.54. The zero-order valence-corrected chi connectivity index (χ0v) is 13.3. The molecule has 0 bridgehead atoms. The summed E-state index contributed by atoms with van der Waals surface area (Å²) in [4.78, 5) is 24.0. The number of rotatable bonds is 8. The minimum atomic E-state index is -0.621. The predicted molar refractivity (Wildman–Crippen MR) is 79.2 cm³/mol. The number of carbonyl (C=O) groups excluding carboxylic acids is 2. The van der Waals surface area contributed by atoms with Crippen LogP contribution in [0, 0.1) is 0 Å². The van der Waals surface area contributed by atoms with Crippen molar-refractivity contribution < 1.29 is 14.3 Å². The van der Waals surface area contributed by atoms with E-state index in [-0.39, 0.29) is 11.9 Å². The quantitative estimate of drug-likeness (QED) is 0.448. The number of amides is 1. The molecule has 4 N–H and O–H groups in total. The number of carbonyl (C=O) groups is 2. The van der Waals surface area contributed by atoms with Gasteiger partial charge in [-0.3, -0.25) is 4.79 Å². The zero-order valence-electron chi connectivity index (χ0n) is 13.3. The third-order valence-electron chi connectivity index (χ3n) is 2.78. The maximum atomic E-state index is 12.1. The van der Waals surface area contributed by atoms with Crippen molar-refractivity contribution in [3.8, 4) is 0 Å². The van der Waals surface area contributed by atoms with Gasteiger partial charge < -0.3 is 21.1 Å². The Labute approximate surface area is 121 Å². The molecule has 0 aliphatic heterocycles. The van der Waals surface area contributed by atoms with Crippen molar-refractivity contribution in [1.82, 2.24) is 10.6 Å². The lowest BCUT2D eigenvalue weighted by atomic mass is 10.1.